The molecular formula is C75H126O6. The van der Waals surface area contributed by atoms with Crippen LogP contribution in [0.25, 0.3) is 0 Å². The SMILES string of the molecule is CC/C=C\C/C=C\C/C=C\C/C=C\C/C=C\C/C=C\CCC(=O)OC(COC(=O)CCCCCCCCCCCCCCC)COC(=O)CCCCCCCCCCCCCCCCCCCC/C=C\C/C=C\C/C=C\C/C=C\CC. The molecule has 462 valence electrons. The molecule has 0 rings (SSSR count). The summed E-state index contributed by atoms with van der Waals surface area (Å²) in [6.45, 7) is 6.38. The summed E-state index contributed by atoms with van der Waals surface area (Å²) in [5.41, 5.74) is 0. The van der Waals surface area contributed by atoms with E-state index >= 15 is 0 Å². The minimum Gasteiger partial charge on any atom is -0.462 e. The summed E-state index contributed by atoms with van der Waals surface area (Å²) in [7, 11) is 0. The number of esters is 3. The van der Waals surface area contributed by atoms with Crippen LogP contribution in [0, 0.1) is 0 Å². The van der Waals surface area contributed by atoms with E-state index in [1.807, 2.05) is 6.08 Å². The van der Waals surface area contributed by atoms with Crippen LogP contribution in [0.2, 0.25) is 0 Å². The summed E-state index contributed by atoms with van der Waals surface area (Å²) in [6.07, 6.45) is 95.3. The summed E-state index contributed by atoms with van der Waals surface area (Å²) in [6, 6.07) is 0. The summed E-state index contributed by atoms with van der Waals surface area (Å²) < 4.78 is 16.9. The van der Waals surface area contributed by atoms with Crippen molar-refractivity contribution < 1.29 is 28.6 Å². The molecule has 0 heterocycles. The first-order valence-corrected chi connectivity index (χ1v) is 34.0. The van der Waals surface area contributed by atoms with Gasteiger partial charge in [0.2, 0.25) is 0 Å². The molecule has 6 nitrogen and oxygen atoms in total. The maximum Gasteiger partial charge on any atom is 0.306 e. The van der Waals surface area contributed by atoms with Crippen LogP contribution in [-0.2, 0) is 28.6 Å². The quantitative estimate of drug-likeness (QED) is 0.0261. The van der Waals surface area contributed by atoms with Crippen molar-refractivity contribution in [3.63, 3.8) is 0 Å². The van der Waals surface area contributed by atoms with E-state index in [0.29, 0.717) is 19.3 Å². The van der Waals surface area contributed by atoms with Crippen LogP contribution in [0.3, 0.4) is 0 Å². The minimum atomic E-state index is -0.819. The van der Waals surface area contributed by atoms with Gasteiger partial charge in [-0.3, -0.25) is 14.4 Å². The number of hydrogen-bond acceptors (Lipinski definition) is 6. The maximum atomic E-state index is 12.9. The average molecular weight is 1120 g/mol. The van der Waals surface area contributed by atoms with Gasteiger partial charge < -0.3 is 14.2 Å². The second-order valence-electron chi connectivity index (χ2n) is 22.3. The highest BCUT2D eigenvalue weighted by atomic mass is 16.6. The number of ether oxygens (including phenoxy) is 3. The molecule has 0 bridgehead atoms. The monoisotopic (exact) mass is 1120 g/mol. The van der Waals surface area contributed by atoms with Crippen LogP contribution in [0.15, 0.2) is 122 Å². The molecule has 0 fully saturated rings. The maximum absolute atomic E-state index is 12.9. The molecule has 0 saturated heterocycles. The average Bonchev–Trinajstić information content (AvgIpc) is 3.46. The minimum absolute atomic E-state index is 0.106. The van der Waals surface area contributed by atoms with Gasteiger partial charge in [-0.25, -0.2) is 0 Å². The third-order valence-electron chi connectivity index (χ3n) is 14.5. The Morgan fingerprint density at radius 3 is 0.802 bits per heavy atom. The Labute approximate surface area is 501 Å². The van der Waals surface area contributed by atoms with E-state index in [9.17, 15) is 14.4 Å². The number of rotatable bonds is 61. The summed E-state index contributed by atoms with van der Waals surface area (Å²) in [4.78, 5) is 38.3. The molecule has 0 spiro atoms. The second kappa shape index (κ2) is 68.3. The lowest BCUT2D eigenvalue weighted by Crippen LogP contribution is -2.30. The Hall–Kier alpha value is -4.19. The standard InChI is InChI=1S/C75H126O6/c1-4-7-10-13-16-19-22-25-27-29-31-32-33-34-35-36-37-38-39-40-41-42-44-45-47-50-53-56-59-62-65-68-74(77)80-71-72(70-79-73(76)67-64-61-58-55-52-49-24-21-18-15-12-9-6-3)81-75(78)69-66-63-60-57-54-51-48-46-43-30-28-26-23-20-17-14-11-8-5-2/h7-8,10-11,16-17,19-20,25-28,31-32,43,46,51,54,60,63,72H,4-6,9,12-15,18,21-24,29-30,33-42,44-45,47-50,52-53,55-59,61-62,64-71H2,1-3H3/b10-7-,11-8-,19-16-,20-17-,27-25-,28-26-,32-31-,46-43-,54-51-,63-60-. The molecule has 0 radical (unpaired) electrons. The number of carbonyl (C=O) groups excluding carboxylic acids is 3. The lowest BCUT2D eigenvalue weighted by Gasteiger charge is -2.18. The van der Waals surface area contributed by atoms with Gasteiger partial charge in [-0.2, -0.15) is 0 Å². The molecule has 81 heavy (non-hydrogen) atoms. The number of allylic oxidation sites excluding steroid dienone is 20. The highest BCUT2D eigenvalue weighted by Crippen LogP contribution is 2.17. The fourth-order valence-electron chi connectivity index (χ4n) is 9.46. The van der Waals surface area contributed by atoms with Gasteiger partial charge in [0.25, 0.3) is 0 Å². The van der Waals surface area contributed by atoms with Crippen molar-refractivity contribution in [2.24, 2.45) is 0 Å². The van der Waals surface area contributed by atoms with E-state index in [4.69, 9.17) is 14.2 Å². The van der Waals surface area contributed by atoms with Crippen LogP contribution >= 0.6 is 0 Å². The Morgan fingerprint density at radius 2 is 0.506 bits per heavy atom. The second-order valence-corrected chi connectivity index (χ2v) is 22.3. The zero-order chi connectivity index (χ0) is 58.5. The molecular weight excluding hydrogens is 997 g/mol. The predicted molar refractivity (Wildman–Crippen MR) is 353 cm³/mol. The van der Waals surface area contributed by atoms with E-state index in [0.717, 1.165) is 103 Å². The molecule has 0 amide bonds. The molecule has 0 aliphatic carbocycles. The van der Waals surface area contributed by atoms with E-state index in [-0.39, 0.29) is 37.5 Å². The molecule has 0 aliphatic heterocycles. The van der Waals surface area contributed by atoms with E-state index in [1.165, 1.54) is 167 Å². The van der Waals surface area contributed by atoms with Gasteiger partial charge in [-0.1, -0.05) is 322 Å². The molecule has 0 aliphatic rings. The third-order valence-corrected chi connectivity index (χ3v) is 14.5. The van der Waals surface area contributed by atoms with Gasteiger partial charge in [0, 0.05) is 19.3 Å². The van der Waals surface area contributed by atoms with Crippen molar-refractivity contribution in [3.05, 3.63) is 122 Å². The van der Waals surface area contributed by atoms with Crippen molar-refractivity contribution >= 4 is 17.9 Å². The molecule has 0 N–H and O–H groups in total. The van der Waals surface area contributed by atoms with Gasteiger partial charge in [0.05, 0.1) is 0 Å². The number of unbranched alkanes of at least 4 members (excludes halogenated alkanes) is 30. The summed E-state index contributed by atoms with van der Waals surface area (Å²) in [5.74, 6) is -0.980. The van der Waals surface area contributed by atoms with Crippen LogP contribution in [-0.4, -0.2) is 37.2 Å². The zero-order valence-corrected chi connectivity index (χ0v) is 53.0. The van der Waals surface area contributed by atoms with Crippen LogP contribution < -0.4 is 0 Å². The van der Waals surface area contributed by atoms with Gasteiger partial charge in [-0.15, -0.1) is 0 Å². The first kappa shape index (κ1) is 76.8. The molecule has 0 aromatic rings. The lowest BCUT2D eigenvalue weighted by atomic mass is 10.0. The first-order chi connectivity index (χ1) is 40.0. The lowest BCUT2D eigenvalue weighted by molar-refractivity contribution is -0.166. The van der Waals surface area contributed by atoms with Crippen LogP contribution in [0.4, 0.5) is 0 Å². The molecule has 0 saturated carbocycles. The van der Waals surface area contributed by atoms with Crippen molar-refractivity contribution in [1.29, 1.82) is 0 Å². The van der Waals surface area contributed by atoms with Crippen molar-refractivity contribution in [2.75, 3.05) is 13.2 Å². The Morgan fingerprint density at radius 1 is 0.259 bits per heavy atom. The molecule has 6 heteroatoms. The van der Waals surface area contributed by atoms with Gasteiger partial charge in [-0.05, 0) is 96.3 Å². The summed E-state index contributed by atoms with van der Waals surface area (Å²) in [5, 5.41) is 0. The first-order valence-electron chi connectivity index (χ1n) is 34.0. The topological polar surface area (TPSA) is 78.9 Å². The largest absolute Gasteiger partial charge is 0.462 e. The predicted octanol–water partition coefficient (Wildman–Crippen LogP) is 23.6. The fourth-order valence-corrected chi connectivity index (χ4v) is 9.46. The highest BCUT2D eigenvalue weighted by molar-refractivity contribution is 5.71. The highest BCUT2D eigenvalue weighted by Gasteiger charge is 2.19. The van der Waals surface area contributed by atoms with Gasteiger partial charge in [0.1, 0.15) is 13.2 Å². The number of carbonyl (C=O) groups is 3. The van der Waals surface area contributed by atoms with Crippen LogP contribution in [0.5, 0.6) is 0 Å². The Bertz CT molecular complexity index is 1670. The van der Waals surface area contributed by atoms with Crippen molar-refractivity contribution in [1.82, 2.24) is 0 Å². The van der Waals surface area contributed by atoms with Crippen molar-refractivity contribution in [3.8, 4) is 0 Å². The third kappa shape index (κ3) is 66.5. The molecule has 0 aromatic heterocycles. The normalized spacial score (nSPS) is 12.9. The summed E-state index contributed by atoms with van der Waals surface area (Å²) >= 11 is 0. The molecule has 0 aromatic carbocycles. The van der Waals surface area contributed by atoms with Crippen LogP contribution in [0.1, 0.15) is 316 Å². The molecule has 1 atom stereocenters. The van der Waals surface area contributed by atoms with Crippen molar-refractivity contribution in [2.45, 2.75) is 322 Å². The van der Waals surface area contributed by atoms with Gasteiger partial charge >= 0.3 is 17.9 Å². The fraction of sp³-hybridized carbons (Fsp3) is 0.693. The van der Waals surface area contributed by atoms with E-state index in [1.54, 1.807) is 0 Å². The smallest absolute Gasteiger partial charge is 0.306 e. The zero-order valence-electron chi connectivity index (χ0n) is 53.0. The van der Waals surface area contributed by atoms with E-state index < -0.39 is 6.10 Å². The Kier molecular flexibility index (Phi) is 64.8. The number of hydrogen-bond donors (Lipinski definition) is 0. The van der Waals surface area contributed by atoms with E-state index in [2.05, 4.69) is 136 Å². The molecule has 1 unspecified atom stereocenters. The van der Waals surface area contributed by atoms with Gasteiger partial charge in [0.15, 0.2) is 6.10 Å². The Balaban J connectivity index is 4.28.